The molecule has 0 aromatic carbocycles. The fourth-order valence-electron chi connectivity index (χ4n) is 3.15. The van der Waals surface area contributed by atoms with Crippen LogP contribution in [0.15, 0.2) is 11.2 Å². The summed E-state index contributed by atoms with van der Waals surface area (Å²) in [5, 5.41) is 11.6. The van der Waals surface area contributed by atoms with Crippen LogP contribution in [0.25, 0.3) is 0 Å². The molecule has 1 aliphatic carbocycles. The average Bonchev–Trinajstić information content (AvgIpc) is 3.03. The van der Waals surface area contributed by atoms with Gasteiger partial charge in [0.25, 0.3) is 0 Å². The monoisotopic (exact) mass is 335 g/mol. The number of hydrogen-bond donors (Lipinski definition) is 2. The molecule has 0 saturated carbocycles. The highest BCUT2D eigenvalue weighted by Crippen LogP contribution is 2.21. The summed E-state index contributed by atoms with van der Waals surface area (Å²) < 4.78 is 13.1. The molecule has 1 aromatic rings. The van der Waals surface area contributed by atoms with Crippen LogP contribution in [0.5, 0.6) is 0 Å². The molecule has 1 saturated heterocycles. The van der Waals surface area contributed by atoms with Crippen molar-refractivity contribution in [3.63, 3.8) is 0 Å². The number of hydrogen-bond acceptors (Lipinski definition) is 4. The molecule has 2 unspecified atom stereocenters. The van der Waals surface area contributed by atoms with E-state index in [0.29, 0.717) is 38.4 Å². The molecular weight excluding hydrogens is 306 g/mol. The highest BCUT2D eigenvalue weighted by Gasteiger charge is 2.23. The van der Waals surface area contributed by atoms with Crippen LogP contribution in [-0.4, -0.2) is 61.3 Å². The molecule has 7 heteroatoms. The third-order valence-corrected chi connectivity index (χ3v) is 4.57. The van der Waals surface area contributed by atoms with E-state index in [1.807, 2.05) is 0 Å². The minimum Gasteiger partial charge on any atom is -0.376 e. The van der Waals surface area contributed by atoms with Gasteiger partial charge in [-0.05, 0) is 32.3 Å². The lowest BCUT2D eigenvalue weighted by molar-refractivity contribution is -0.0850. The van der Waals surface area contributed by atoms with Crippen molar-refractivity contribution in [2.24, 2.45) is 4.99 Å². The highest BCUT2D eigenvalue weighted by atomic mass is 16.6. The summed E-state index contributed by atoms with van der Waals surface area (Å²) in [5.41, 5.74) is 2.60. The number of fused-ring (bicyclic) bond motifs is 1. The summed E-state index contributed by atoms with van der Waals surface area (Å²) in [4.78, 5) is 4.33. The molecule has 1 aliphatic heterocycles. The molecule has 0 amide bonds. The largest absolute Gasteiger partial charge is 0.376 e. The first kappa shape index (κ1) is 17.2. The lowest BCUT2D eigenvalue weighted by Crippen LogP contribution is -2.49. The fraction of sp³-hybridized carbons (Fsp3) is 0.765. The number of aryl methyl sites for hydroxylation is 1. The van der Waals surface area contributed by atoms with Gasteiger partial charge in [-0.25, -0.2) is 0 Å². The second-order valence-electron chi connectivity index (χ2n) is 6.78. The molecule has 2 aliphatic rings. The van der Waals surface area contributed by atoms with Crippen LogP contribution < -0.4 is 10.6 Å². The molecule has 0 radical (unpaired) electrons. The maximum Gasteiger partial charge on any atom is 0.191 e. The molecule has 2 atom stereocenters. The van der Waals surface area contributed by atoms with E-state index in [-0.39, 0.29) is 6.10 Å². The summed E-state index contributed by atoms with van der Waals surface area (Å²) in [5.74, 6) is 0.820. The number of guanidine groups is 1. The standard InChI is InChI=1S/C17H29N5O2/c1-12(2)22-10-13-4-5-14(8-16(13)21-22)20-17(18-3)19-9-15-11-23-6-7-24-15/h10,12,14-15H,4-9,11H2,1-3H3,(H2,18,19,20). The van der Waals surface area contributed by atoms with Crippen molar-refractivity contribution in [3.8, 4) is 0 Å². The normalized spacial score (nSPS) is 24.8. The van der Waals surface area contributed by atoms with Gasteiger partial charge in [-0.15, -0.1) is 0 Å². The fourth-order valence-corrected chi connectivity index (χ4v) is 3.15. The summed E-state index contributed by atoms with van der Waals surface area (Å²) in [6.45, 7) is 7.04. The molecule has 2 heterocycles. The van der Waals surface area contributed by atoms with E-state index in [9.17, 15) is 0 Å². The molecule has 1 fully saturated rings. The molecule has 1 aromatic heterocycles. The maximum absolute atomic E-state index is 5.65. The SMILES string of the molecule is CN=C(NCC1COCCO1)NC1CCc2cn(C(C)C)nc2C1. The van der Waals surface area contributed by atoms with Gasteiger partial charge < -0.3 is 20.1 Å². The van der Waals surface area contributed by atoms with Gasteiger partial charge in [0.05, 0.1) is 31.6 Å². The second kappa shape index (κ2) is 7.98. The van der Waals surface area contributed by atoms with E-state index in [0.717, 1.165) is 25.2 Å². The Morgan fingerprint density at radius 2 is 2.33 bits per heavy atom. The van der Waals surface area contributed by atoms with Crippen molar-refractivity contribution in [2.45, 2.75) is 51.3 Å². The van der Waals surface area contributed by atoms with Crippen LogP contribution >= 0.6 is 0 Å². The Kier molecular flexibility index (Phi) is 5.73. The Labute approximate surface area is 143 Å². The topological polar surface area (TPSA) is 72.7 Å². The third kappa shape index (κ3) is 4.27. The number of rotatable bonds is 4. The molecule has 2 N–H and O–H groups in total. The van der Waals surface area contributed by atoms with Gasteiger partial charge in [-0.2, -0.15) is 5.10 Å². The number of nitrogens with zero attached hydrogens (tertiary/aromatic N) is 3. The van der Waals surface area contributed by atoms with Crippen LogP contribution in [0.2, 0.25) is 0 Å². The highest BCUT2D eigenvalue weighted by molar-refractivity contribution is 5.80. The minimum absolute atomic E-state index is 0.0944. The predicted octanol–water partition coefficient (Wildman–Crippen LogP) is 0.902. The Morgan fingerprint density at radius 1 is 1.46 bits per heavy atom. The van der Waals surface area contributed by atoms with Gasteiger partial charge in [-0.3, -0.25) is 9.67 Å². The number of aliphatic imine (C=N–C) groups is 1. The van der Waals surface area contributed by atoms with Crippen molar-refractivity contribution in [2.75, 3.05) is 33.4 Å². The average molecular weight is 335 g/mol. The van der Waals surface area contributed by atoms with Crippen molar-refractivity contribution in [1.29, 1.82) is 0 Å². The molecule has 134 valence electrons. The third-order valence-electron chi connectivity index (χ3n) is 4.57. The molecule has 3 rings (SSSR count). The smallest absolute Gasteiger partial charge is 0.191 e. The lowest BCUT2D eigenvalue weighted by Gasteiger charge is -2.27. The number of nitrogens with one attached hydrogen (secondary N) is 2. The Morgan fingerprint density at radius 3 is 3.04 bits per heavy atom. The Hall–Kier alpha value is -1.60. The Bertz CT molecular complexity index is 563. The van der Waals surface area contributed by atoms with E-state index in [1.54, 1.807) is 7.05 Å². The van der Waals surface area contributed by atoms with Crippen LogP contribution in [0, 0.1) is 0 Å². The van der Waals surface area contributed by atoms with Gasteiger partial charge in [0, 0.05) is 38.3 Å². The van der Waals surface area contributed by atoms with Gasteiger partial charge in [0.1, 0.15) is 0 Å². The number of ether oxygens (including phenoxy) is 2. The molecule has 7 nitrogen and oxygen atoms in total. The molecule has 24 heavy (non-hydrogen) atoms. The van der Waals surface area contributed by atoms with Crippen molar-refractivity contribution < 1.29 is 9.47 Å². The Balaban J connectivity index is 1.51. The van der Waals surface area contributed by atoms with E-state index in [4.69, 9.17) is 14.6 Å². The maximum atomic E-state index is 5.65. The summed E-state index contributed by atoms with van der Waals surface area (Å²) in [6.07, 6.45) is 5.40. The van der Waals surface area contributed by atoms with Crippen molar-refractivity contribution in [3.05, 3.63) is 17.5 Å². The summed E-state index contributed by atoms with van der Waals surface area (Å²) >= 11 is 0. The lowest BCUT2D eigenvalue weighted by atomic mass is 9.94. The zero-order chi connectivity index (χ0) is 16.9. The zero-order valence-corrected chi connectivity index (χ0v) is 14.9. The molecule has 0 bridgehead atoms. The molecular formula is C17H29N5O2. The van der Waals surface area contributed by atoms with Crippen LogP contribution in [0.1, 0.15) is 37.6 Å². The van der Waals surface area contributed by atoms with Crippen LogP contribution in [0.3, 0.4) is 0 Å². The number of aromatic nitrogens is 2. The van der Waals surface area contributed by atoms with E-state index in [2.05, 4.69) is 40.4 Å². The first-order valence-corrected chi connectivity index (χ1v) is 8.89. The van der Waals surface area contributed by atoms with Crippen LogP contribution in [-0.2, 0) is 22.3 Å². The first-order chi connectivity index (χ1) is 11.7. The summed E-state index contributed by atoms with van der Waals surface area (Å²) in [6, 6.07) is 0.775. The molecule has 0 spiro atoms. The van der Waals surface area contributed by atoms with Crippen molar-refractivity contribution >= 4 is 5.96 Å². The quantitative estimate of drug-likeness (QED) is 0.632. The summed E-state index contributed by atoms with van der Waals surface area (Å²) in [7, 11) is 1.80. The van der Waals surface area contributed by atoms with E-state index < -0.39 is 0 Å². The van der Waals surface area contributed by atoms with E-state index in [1.165, 1.54) is 11.3 Å². The van der Waals surface area contributed by atoms with Gasteiger partial charge >= 0.3 is 0 Å². The van der Waals surface area contributed by atoms with Gasteiger partial charge in [-0.1, -0.05) is 0 Å². The zero-order valence-electron chi connectivity index (χ0n) is 14.9. The van der Waals surface area contributed by atoms with Crippen molar-refractivity contribution in [1.82, 2.24) is 20.4 Å². The predicted molar refractivity (Wildman–Crippen MR) is 93.5 cm³/mol. The minimum atomic E-state index is 0.0944. The van der Waals surface area contributed by atoms with Crippen LogP contribution in [0.4, 0.5) is 0 Å². The first-order valence-electron chi connectivity index (χ1n) is 8.89. The van der Waals surface area contributed by atoms with Gasteiger partial charge in [0.2, 0.25) is 0 Å². The van der Waals surface area contributed by atoms with E-state index >= 15 is 0 Å². The second-order valence-corrected chi connectivity index (χ2v) is 6.78. The van der Waals surface area contributed by atoms with Gasteiger partial charge in [0.15, 0.2) is 5.96 Å².